The molecule has 0 aliphatic heterocycles. The van der Waals surface area contributed by atoms with Gasteiger partial charge in [0, 0.05) is 5.39 Å². The normalized spacial score (nSPS) is 10.5. The summed E-state index contributed by atoms with van der Waals surface area (Å²) in [5, 5.41) is 2.92. The largest absolute Gasteiger partial charge is 0.460 e. The van der Waals surface area contributed by atoms with Gasteiger partial charge in [-0.25, -0.2) is 4.79 Å². The summed E-state index contributed by atoms with van der Waals surface area (Å²) in [7, 11) is 0. The lowest BCUT2D eigenvalue weighted by molar-refractivity contribution is 0.0934. The smallest absolute Gasteiger partial charge is 0.415 e. The number of imide groups is 1. The van der Waals surface area contributed by atoms with Crippen molar-refractivity contribution in [1.82, 2.24) is 5.32 Å². The molecule has 1 N–H and O–H groups in total. The highest BCUT2D eigenvalue weighted by Gasteiger charge is 2.18. The zero-order valence-corrected chi connectivity index (χ0v) is 11.2. The zero-order valence-electron chi connectivity index (χ0n) is 10.5. The van der Waals surface area contributed by atoms with E-state index in [1.165, 1.54) is 0 Å². The number of carbonyl (C=O) groups is 2. The van der Waals surface area contributed by atoms with Crippen molar-refractivity contribution in [1.29, 1.82) is 0 Å². The van der Waals surface area contributed by atoms with Crippen molar-refractivity contribution >= 4 is 34.6 Å². The lowest BCUT2D eigenvalue weighted by atomic mass is 10.1. The molecule has 2 amide bonds. The zero-order chi connectivity index (χ0) is 14.0. The molecule has 2 aromatic rings. The van der Waals surface area contributed by atoms with Gasteiger partial charge in [0.05, 0.1) is 5.56 Å². The van der Waals surface area contributed by atoms with Gasteiger partial charge in [-0.2, -0.15) is 0 Å². The number of para-hydroxylation sites is 1. The van der Waals surface area contributed by atoms with Gasteiger partial charge in [-0.15, -0.1) is 0 Å². The van der Waals surface area contributed by atoms with E-state index < -0.39 is 12.0 Å². The van der Waals surface area contributed by atoms with Crippen LogP contribution in [0.5, 0.6) is 0 Å². The second-order valence-corrected chi connectivity index (χ2v) is 4.18. The van der Waals surface area contributed by atoms with Gasteiger partial charge < -0.3 is 9.15 Å². The van der Waals surface area contributed by atoms with Crippen molar-refractivity contribution < 1.29 is 18.7 Å². The molecule has 0 aliphatic carbocycles. The number of aryl methyl sites for hydroxylation is 2. The van der Waals surface area contributed by atoms with Crippen LogP contribution in [0.1, 0.15) is 21.7 Å². The monoisotopic (exact) mass is 281 g/mol. The highest BCUT2D eigenvalue weighted by Crippen LogP contribution is 2.27. The summed E-state index contributed by atoms with van der Waals surface area (Å²) in [5.74, 6) is 0.146. The van der Waals surface area contributed by atoms with E-state index in [9.17, 15) is 9.59 Å². The van der Waals surface area contributed by atoms with Crippen LogP contribution in [-0.2, 0) is 4.74 Å². The van der Waals surface area contributed by atoms with Crippen molar-refractivity contribution in [3.63, 3.8) is 0 Å². The molecule has 1 aromatic heterocycles. The number of hydrogen-bond acceptors (Lipinski definition) is 4. The lowest BCUT2D eigenvalue weighted by Gasteiger charge is -2.03. The van der Waals surface area contributed by atoms with Crippen LogP contribution in [0.2, 0.25) is 0 Å². The lowest BCUT2D eigenvalue weighted by Crippen LogP contribution is -2.30. The van der Waals surface area contributed by atoms with E-state index in [4.69, 9.17) is 16.0 Å². The SMILES string of the molecule is Cc1oc2c(C(=O)NC(=O)OCCl)cccc2c1C. The van der Waals surface area contributed by atoms with E-state index in [1.54, 1.807) is 12.1 Å². The first-order chi connectivity index (χ1) is 9.04. The van der Waals surface area contributed by atoms with E-state index in [1.807, 2.05) is 19.9 Å². The standard InChI is InChI=1S/C13H12ClNO4/c1-7-8(2)19-11-9(7)4-3-5-10(11)12(16)15-13(17)18-6-14/h3-5H,6H2,1-2H3,(H,15,16,17). The number of benzene rings is 1. The Morgan fingerprint density at radius 2 is 2.11 bits per heavy atom. The Bertz CT molecular complexity index is 647. The Hall–Kier alpha value is -2.01. The molecule has 0 fully saturated rings. The fourth-order valence-electron chi connectivity index (χ4n) is 1.79. The Kier molecular flexibility index (Phi) is 3.76. The van der Waals surface area contributed by atoms with Crippen molar-refractivity contribution in [3.8, 4) is 0 Å². The summed E-state index contributed by atoms with van der Waals surface area (Å²) in [5.41, 5.74) is 1.70. The number of alkyl halides is 1. The average Bonchev–Trinajstić information content (AvgIpc) is 2.65. The number of rotatable bonds is 2. The highest BCUT2D eigenvalue weighted by molar-refractivity contribution is 6.18. The molecule has 0 saturated carbocycles. The van der Waals surface area contributed by atoms with Crippen LogP contribution < -0.4 is 5.32 Å². The maximum atomic E-state index is 11.9. The molecular weight excluding hydrogens is 270 g/mol. The quantitative estimate of drug-likeness (QED) is 0.859. The molecule has 5 nitrogen and oxygen atoms in total. The van der Waals surface area contributed by atoms with Crippen LogP contribution in [0.4, 0.5) is 4.79 Å². The minimum absolute atomic E-state index is 0.278. The van der Waals surface area contributed by atoms with Gasteiger partial charge in [0.2, 0.25) is 0 Å². The summed E-state index contributed by atoms with van der Waals surface area (Å²) in [6.07, 6.45) is -0.892. The molecule has 2 rings (SSSR count). The fraction of sp³-hybridized carbons (Fsp3) is 0.231. The minimum atomic E-state index is -0.892. The van der Waals surface area contributed by atoms with Gasteiger partial charge in [0.15, 0.2) is 6.07 Å². The van der Waals surface area contributed by atoms with Crippen LogP contribution in [0.3, 0.4) is 0 Å². The number of fused-ring (bicyclic) bond motifs is 1. The first-order valence-electron chi connectivity index (χ1n) is 5.57. The van der Waals surface area contributed by atoms with Crippen molar-refractivity contribution in [3.05, 3.63) is 35.1 Å². The number of ether oxygens (including phenoxy) is 1. The number of furan rings is 1. The molecule has 100 valence electrons. The minimum Gasteiger partial charge on any atom is -0.460 e. The van der Waals surface area contributed by atoms with Gasteiger partial charge in [0.1, 0.15) is 11.3 Å². The molecule has 6 heteroatoms. The Balaban J connectivity index is 2.37. The van der Waals surface area contributed by atoms with E-state index in [-0.39, 0.29) is 11.6 Å². The molecule has 1 aromatic carbocycles. The van der Waals surface area contributed by atoms with E-state index >= 15 is 0 Å². The summed E-state index contributed by atoms with van der Waals surface area (Å²) in [4.78, 5) is 23.1. The summed E-state index contributed by atoms with van der Waals surface area (Å²) < 4.78 is 9.99. The molecule has 0 saturated heterocycles. The number of amides is 2. The number of carbonyl (C=O) groups excluding carboxylic acids is 2. The molecule has 0 radical (unpaired) electrons. The first kappa shape index (κ1) is 13.4. The first-order valence-corrected chi connectivity index (χ1v) is 6.11. The van der Waals surface area contributed by atoms with E-state index in [2.05, 4.69) is 10.1 Å². The van der Waals surface area contributed by atoms with Gasteiger partial charge in [-0.1, -0.05) is 23.7 Å². The Labute approximate surface area is 114 Å². The second-order valence-electron chi connectivity index (χ2n) is 3.96. The molecule has 0 spiro atoms. The third-order valence-electron chi connectivity index (χ3n) is 2.85. The second kappa shape index (κ2) is 5.32. The van der Waals surface area contributed by atoms with Gasteiger partial charge in [-0.3, -0.25) is 10.1 Å². The Morgan fingerprint density at radius 3 is 2.79 bits per heavy atom. The van der Waals surface area contributed by atoms with Gasteiger partial charge >= 0.3 is 6.09 Å². The fourth-order valence-corrected chi connectivity index (χ4v) is 1.89. The van der Waals surface area contributed by atoms with Crippen LogP contribution in [0.25, 0.3) is 11.0 Å². The Morgan fingerprint density at radius 1 is 1.37 bits per heavy atom. The molecule has 0 atom stereocenters. The third-order valence-corrected chi connectivity index (χ3v) is 2.96. The maximum absolute atomic E-state index is 11.9. The molecule has 0 aliphatic rings. The average molecular weight is 282 g/mol. The summed E-state index contributed by atoms with van der Waals surface area (Å²) in [6, 6.07) is 4.84. The molecule has 0 unspecified atom stereocenters. The number of alkyl carbamates (subject to hydrolysis) is 1. The number of nitrogens with one attached hydrogen (secondary N) is 1. The van der Waals surface area contributed by atoms with E-state index in [0.717, 1.165) is 16.7 Å². The van der Waals surface area contributed by atoms with Crippen LogP contribution in [-0.4, -0.2) is 18.1 Å². The topological polar surface area (TPSA) is 68.5 Å². The van der Waals surface area contributed by atoms with Gasteiger partial charge in [-0.05, 0) is 25.5 Å². The number of halogens is 1. The van der Waals surface area contributed by atoms with Crippen molar-refractivity contribution in [2.45, 2.75) is 13.8 Å². The highest BCUT2D eigenvalue weighted by atomic mass is 35.5. The van der Waals surface area contributed by atoms with E-state index in [0.29, 0.717) is 5.58 Å². The van der Waals surface area contributed by atoms with Crippen LogP contribution in [0, 0.1) is 13.8 Å². The molecule has 19 heavy (non-hydrogen) atoms. The molecule has 0 bridgehead atoms. The van der Waals surface area contributed by atoms with Crippen molar-refractivity contribution in [2.75, 3.05) is 6.07 Å². The van der Waals surface area contributed by atoms with Crippen molar-refractivity contribution in [2.24, 2.45) is 0 Å². The summed E-state index contributed by atoms with van der Waals surface area (Å²) >= 11 is 5.23. The van der Waals surface area contributed by atoms with Crippen LogP contribution >= 0.6 is 11.6 Å². The molecule has 1 heterocycles. The maximum Gasteiger partial charge on any atom is 0.415 e. The predicted molar refractivity (Wildman–Crippen MR) is 70.4 cm³/mol. The molecular formula is C13H12ClNO4. The predicted octanol–water partition coefficient (Wildman–Crippen LogP) is 3.11. The number of hydrogen-bond donors (Lipinski definition) is 1. The summed E-state index contributed by atoms with van der Waals surface area (Å²) in [6.45, 7) is 3.73. The third kappa shape index (κ3) is 2.56. The van der Waals surface area contributed by atoms with Crippen LogP contribution in [0.15, 0.2) is 22.6 Å². The van der Waals surface area contributed by atoms with Gasteiger partial charge in [0.25, 0.3) is 5.91 Å².